The summed E-state index contributed by atoms with van der Waals surface area (Å²) in [4.78, 5) is 18.7. The number of halogens is 3. The van der Waals surface area contributed by atoms with E-state index >= 15 is 0 Å². The van der Waals surface area contributed by atoms with Crippen LogP contribution in [-0.4, -0.2) is 51.6 Å². The van der Waals surface area contributed by atoms with Crippen molar-refractivity contribution in [3.63, 3.8) is 0 Å². The molecule has 0 aliphatic carbocycles. The average Bonchev–Trinajstić information content (AvgIpc) is 3.22. The van der Waals surface area contributed by atoms with Gasteiger partial charge in [0.05, 0.1) is 17.3 Å². The Morgan fingerprint density at radius 1 is 1.23 bits per heavy atom. The molecule has 1 aliphatic heterocycles. The fraction of sp³-hybridized carbons (Fsp3) is 0.480. The third-order valence-corrected chi connectivity index (χ3v) is 6.19. The fourth-order valence-electron chi connectivity index (χ4n) is 4.36. The molecule has 1 unspecified atom stereocenters. The van der Waals surface area contributed by atoms with Crippen molar-refractivity contribution in [1.82, 2.24) is 19.7 Å². The summed E-state index contributed by atoms with van der Waals surface area (Å²) >= 11 is 0. The first kappa shape index (κ1) is 25.0. The predicted octanol–water partition coefficient (Wildman–Crippen LogP) is 5.37. The number of aromatic nitrogens is 3. The van der Waals surface area contributed by atoms with Crippen LogP contribution in [-0.2, 0) is 15.7 Å². The molecule has 0 spiro atoms. The molecule has 2 aromatic heterocycles. The van der Waals surface area contributed by atoms with E-state index in [9.17, 15) is 18.0 Å². The van der Waals surface area contributed by atoms with Crippen LogP contribution in [0.25, 0.3) is 22.3 Å². The van der Waals surface area contributed by atoms with Crippen LogP contribution in [0.4, 0.5) is 13.2 Å². The van der Waals surface area contributed by atoms with Crippen LogP contribution in [0, 0.1) is 6.92 Å². The third kappa shape index (κ3) is 5.27. The van der Waals surface area contributed by atoms with Gasteiger partial charge in [0, 0.05) is 42.8 Å². The highest BCUT2D eigenvalue weighted by molar-refractivity contribution is 5.81. The molecule has 1 aliphatic rings. The second-order valence-corrected chi connectivity index (χ2v) is 8.97. The van der Waals surface area contributed by atoms with Gasteiger partial charge in [-0.05, 0) is 63.9 Å². The van der Waals surface area contributed by atoms with Crippen LogP contribution >= 0.6 is 0 Å². The van der Waals surface area contributed by atoms with E-state index in [1.54, 1.807) is 19.9 Å². The molecule has 7 nitrogen and oxygen atoms in total. The van der Waals surface area contributed by atoms with Gasteiger partial charge in [-0.15, -0.1) is 0 Å². The second-order valence-electron chi connectivity index (χ2n) is 8.97. The summed E-state index contributed by atoms with van der Waals surface area (Å²) in [5.41, 5.74) is 0.991. The summed E-state index contributed by atoms with van der Waals surface area (Å²) in [6, 6.07) is 5.81. The largest absolute Gasteiger partial charge is 0.467 e. The molecule has 0 saturated carbocycles. The predicted molar refractivity (Wildman–Crippen MR) is 125 cm³/mol. The highest BCUT2D eigenvalue weighted by Gasteiger charge is 2.33. The fourth-order valence-corrected chi connectivity index (χ4v) is 4.36. The summed E-state index contributed by atoms with van der Waals surface area (Å²) in [5.74, 6) is 0.196. The van der Waals surface area contributed by atoms with Crippen molar-refractivity contribution in [3.05, 3.63) is 41.6 Å². The maximum Gasteiger partial charge on any atom is 0.416 e. The zero-order valence-corrected chi connectivity index (χ0v) is 20.2. The summed E-state index contributed by atoms with van der Waals surface area (Å²) in [7, 11) is 0. The molecular formula is C25H29F3N4O3. The lowest BCUT2D eigenvalue weighted by Gasteiger charge is -2.35. The molecule has 1 fully saturated rings. The Bertz CT molecular complexity index is 1220. The van der Waals surface area contributed by atoms with Crippen LogP contribution in [0.5, 0.6) is 5.75 Å². The number of hydrogen-bond acceptors (Lipinski definition) is 5. The number of likely N-dealkylation sites (tertiary alicyclic amines) is 1. The molecule has 3 aromatic rings. The Kier molecular flexibility index (Phi) is 7.02. The maximum atomic E-state index is 13.4. The summed E-state index contributed by atoms with van der Waals surface area (Å²) in [5, 5.41) is 5.46. The minimum atomic E-state index is -4.51. The van der Waals surface area contributed by atoms with E-state index in [0.29, 0.717) is 48.5 Å². The molecular weight excluding hydrogens is 461 g/mol. The SMILES string of the molecule is CCOCOc1cc(C(F)(F)F)cc(C)c1-c1ccc2cn(C3CCC(=O)N(C(C)C)C3)nc2n1. The van der Waals surface area contributed by atoms with Crippen LogP contribution in [0.15, 0.2) is 30.5 Å². The topological polar surface area (TPSA) is 69.5 Å². The van der Waals surface area contributed by atoms with Crippen molar-refractivity contribution in [3.8, 4) is 17.0 Å². The zero-order chi connectivity index (χ0) is 25.3. The number of nitrogens with zero attached hydrogens (tertiary/aromatic N) is 4. The number of benzene rings is 1. The quantitative estimate of drug-likeness (QED) is 0.329. The lowest BCUT2D eigenvalue weighted by atomic mass is 10.00. The first-order valence-corrected chi connectivity index (χ1v) is 11.7. The molecule has 0 N–H and O–H groups in total. The summed E-state index contributed by atoms with van der Waals surface area (Å²) in [6.07, 6.45) is -1.45. The van der Waals surface area contributed by atoms with Crippen LogP contribution in [0.1, 0.15) is 50.8 Å². The van der Waals surface area contributed by atoms with E-state index < -0.39 is 11.7 Å². The Morgan fingerprint density at radius 2 is 2.00 bits per heavy atom. The third-order valence-electron chi connectivity index (χ3n) is 6.19. The number of carbonyl (C=O) groups is 1. The number of carbonyl (C=O) groups excluding carboxylic acids is 1. The molecule has 1 aromatic carbocycles. The van der Waals surface area contributed by atoms with Crippen LogP contribution in [0.2, 0.25) is 0 Å². The number of alkyl halides is 3. The number of hydrogen-bond donors (Lipinski definition) is 0. The molecule has 4 rings (SSSR count). The first-order valence-electron chi connectivity index (χ1n) is 11.7. The van der Waals surface area contributed by atoms with E-state index in [2.05, 4.69) is 10.1 Å². The Hall–Kier alpha value is -3.14. The van der Waals surface area contributed by atoms with Gasteiger partial charge in [0.2, 0.25) is 5.91 Å². The number of ether oxygens (including phenoxy) is 2. The Balaban J connectivity index is 1.70. The summed E-state index contributed by atoms with van der Waals surface area (Å²) in [6.45, 7) is 8.13. The minimum absolute atomic E-state index is 0.0330. The molecule has 3 heterocycles. The molecule has 35 heavy (non-hydrogen) atoms. The number of aryl methyl sites for hydroxylation is 1. The van der Waals surface area contributed by atoms with E-state index in [-0.39, 0.29) is 30.5 Å². The number of amides is 1. The van der Waals surface area contributed by atoms with E-state index in [1.807, 2.05) is 35.7 Å². The number of fused-ring (bicyclic) bond motifs is 1. The van der Waals surface area contributed by atoms with Crippen molar-refractivity contribution in [2.75, 3.05) is 19.9 Å². The molecule has 1 saturated heterocycles. The molecule has 0 bridgehead atoms. The number of pyridine rings is 1. The van der Waals surface area contributed by atoms with Gasteiger partial charge in [-0.2, -0.15) is 18.3 Å². The van der Waals surface area contributed by atoms with Gasteiger partial charge in [-0.1, -0.05) is 0 Å². The number of rotatable bonds is 7. The van der Waals surface area contributed by atoms with Crippen molar-refractivity contribution in [2.24, 2.45) is 0 Å². The van der Waals surface area contributed by atoms with E-state index in [4.69, 9.17) is 9.47 Å². The van der Waals surface area contributed by atoms with Gasteiger partial charge in [-0.3, -0.25) is 9.48 Å². The molecule has 1 atom stereocenters. The highest BCUT2D eigenvalue weighted by Crippen LogP contribution is 2.39. The smallest absolute Gasteiger partial charge is 0.416 e. The molecule has 1 amide bonds. The standard InChI is InChI=1S/C25H29F3N4O3/c1-5-34-14-35-21-11-18(25(26,27)28)10-16(4)23(21)20-8-6-17-12-32(30-24(17)29-20)19-7-9-22(33)31(13-19)15(2)3/h6,8,10-12,15,19H,5,7,9,13-14H2,1-4H3. The van der Waals surface area contributed by atoms with Gasteiger partial charge >= 0.3 is 6.18 Å². The van der Waals surface area contributed by atoms with Gasteiger partial charge < -0.3 is 14.4 Å². The van der Waals surface area contributed by atoms with Crippen molar-refractivity contribution in [1.29, 1.82) is 0 Å². The monoisotopic (exact) mass is 490 g/mol. The highest BCUT2D eigenvalue weighted by atomic mass is 19.4. The molecule has 0 radical (unpaired) electrons. The number of piperidine rings is 1. The first-order chi connectivity index (χ1) is 16.6. The second kappa shape index (κ2) is 9.85. The van der Waals surface area contributed by atoms with Crippen LogP contribution in [0.3, 0.4) is 0 Å². The van der Waals surface area contributed by atoms with Gasteiger partial charge in [0.25, 0.3) is 0 Å². The van der Waals surface area contributed by atoms with Gasteiger partial charge in [0.1, 0.15) is 5.75 Å². The molecule has 10 heteroatoms. The van der Waals surface area contributed by atoms with Crippen molar-refractivity contribution >= 4 is 16.9 Å². The van der Waals surface area contributed by atoms with E-state index in [0.717, 1.165) is 17.5 Å². The zero-order valence-electron chi connectivity index (χ0n) is 20.2. The normalized spacial score (nSPS) is 17.0. The molecule has 188 valence electrons. The Morgan fingerprint density at radius 3 is 2.69 bits per heavy atom. The minimum Gasteiger partial charge on any atom is -0.467 e. The van der Waals surface area contributed by atoms with E-state index in [1.165, 1.54) is 0 Å². The van der Waals surface area contributed by atoms with Crippen LogP contribution < -0.4 is 4.74 Å². The summed E-state index contributed by atoms with van der Waals surface area (Å²) < 4.78 is 52.9. The Labute approximate surface area is 201 Å². The van der Waals surface area contributed by atoms with Crippen molar-refractivity contribution < 1.29 is 27.4 Å². The van der Waals surface area contributed by atoms with Gasteiger partial charge in [0.15, 0.2) is 12.4 Å². The lowest BCUT2D eigenvalue weighted by Crippen LogP contribution is -2.44. The van der Waals surface area contributed by atoms with Gasteiger partial charge in [-0.25, -0.2) is 4.98 Å². The van der Waals surface area contributed by atoms with Crippen molar-refractivity contribution in [2.45, 2.75) is 58.8 Å². The lowest BCUT2D eigenvalue weighted by molar-refractivity contribution is -0.138. The maximum absolute atomic E-state index is 13.4. The average molecular weight is 491 g/mol.